The highest BCUT2D eigenvalue weighted by Crippen LogP contribution is 2.61. The van der Waals surface area contributed by atoms with Gasteiger partial charge in [-0.15, -0.1) is 0 Å². The maximum Gasteiger partial charge on any atom is 0.0598 e. The predicted molar refractivity (Wildman–Crippen MR) is 157 cm³/mol. The van der Waals surface area contributed by atoms with Crippen molar-refractivity contribution in [1.29, 1.82) is 0 Å². The van der Waals surface area contributed by atoms with Crippen molar-refractivity contribution in [3.05, 3.63) is 119 Å². The van der Waals surface area contributed by atoms with Gasteiger partial charge in [0, 0.05) is 31.2 Å². The molecule has 6 rings (SSSR count). The molecule has 2 nitrogen and oxygen atoms in total. The minimum atomic E-state index is -0.184. The molecule has 0 saturated carbocycles. The first-order valence-corrected chi connectivity index (χ1v) is 13.9. The Labute approximate surface area is 227 Å². The number of methoxy groups -OCH3 is 1. The third-order valence-electron chi connectivity index (χ3n) is 8.75. The summed E-state index contributed by atoms with van der Waals surface area (Å²) in [5.41, 5.74) is 10.6. The second kappa shape index (κ2) is 9.52. The highest BCUT2D eigenvalue weighted by atomic mass is 16.5. The number of fused-ring (bicyclic) bond motifs is 6. The van der Waals surface area contributed by atoms with Crippen molar-refractivity contribution >= 4 is 0 Å². The van der Waals surface area contributed by atoms with E-state index in [9.17, 15) is 0 Å². The SMILES string of the molecule is COCCC1(CC2(CCOC(C)(C)C)c3ccccc3-c3ccccc32)c2ccccc2-c2ccccc21. The van der Waals surface area contributed by atoms with Crippen LogP contribution >= 0.6 is 0 Å². The van der Waals surface area contributed by atoms with Crippen LogP contribution in [0.2, 0.25) is 0 Å². The molecule has 0 fully saturated rings. The van der Waals surface area contributed by atoms with E-state index in [4.69, 9.17) is 9.47 Å². The van der Waals surface area contributed by atoms with Gasteiger partial charge in [0.1, 0.15) is 0 Å². The summed E-state index contributed by atoms with van der Waals surface area (Å²) < 4.78 is 12.2. The lowest BCUT2D eigenvalue weighted by molar-refractivity contribution is -0.0110. The van der Waals surface area contributed by atoms with Crippen molar-refractivity contribution in [3.8, 4) is 22.3 Å². The normalized spacial score (nSPS) is 16.0. The van der Waals surface area contributed by atoms with Crippen LogP contribution in [0.3, 0.4) is 0 Å². The summed E-state index contributed by atoms with van der Waals surface area (Å²) >= 11 is 0. The fourth-order valence-electron chi connectivity index (χ4n) is 7.25. The molecule has 2 aliphatic rings. The van der Waals surface area contributed by atoms with Gasteiger partial charge in [-0.3, -0.25) is 0 Å². The molecule has 0 heterocycles. The van der Waals surface area contributed by atoms with E-state index < -0.39 is 0 Å². The van der Waals surface area contributed by atoms with Crippen LogP contribution < -0.4 is 0 Å². The van der Waals surface area contributed by atoms with Crippen LogP contribution in [0.1, 0.15) is 62.3 Å². The Morgan fingerprint density at radius 1 is 0.526 bits per heavy atom. The second-order valence-electron chi connectivity index (χ2n) is 12.0. The fourth-order valence-corrected chi connectivity index (χ4v) is 7.25. The molecule has 0 atom stereocenters. The Morgan fingerprint density at radius 2 is 0.868 bits per heavy atom. The minimum absolute atomic E-state index is 0.171. The summed E-state index contributed by atoms with van der Waals surface area (Å²) in [6.07, 6.45) is 2.83. The fraction of sp³-hybridized carbons (Fsp3) is 0.333. The summed E-state index contributed by atoms with van der Waals surface area (Å²) in [5, 5.41) is 0. The Bertz CT molecular complexity index is 1370. The van der Waals surface area contributed by atoms with Gasteiger partial charge in [-0.05, 0) is 84.5 Å². The number of rotatable bonds is 8. The van der Waals surface area contributed by atoms with Crippen LogP contribution in [0.15, 0.2) is 97.1 Å². The van der Waals surface area contributed by atoms with Gasteiger partial charge < -0.3 is 9.47 Å². The maximum atomic E-state index is 6.44. The average molecular weight is 503 g/mol. The Kier molecular flexibility index (Phi) is 6.29. The van der Waals surface area contributed by atoms with Crippen molar-refractivity contribution in [3.63, 3.8) is 0 Å². The lowest BCUT2D eigenvalue weighted by Gasteiger charge is -2.43. The highest BCUT2D eigenvalue weighted by Gasteiger charge is 2.52. The van der Waals surface area contributed by atoms with Crippen LogP contribution in [0, 0.1) is 0 Å². The third-order valence-corrected chi connectivity index (χ3v) is 8.75. The molecular formula is C36H38O2. The molecule has 4 aromatic carbocycles. The molecule has 0 unspecified atom stereocenters. The van der Waals surface area contributed by atoms with Gasteiger partial charge in [0.25, 0.3) is 0 Å². The zero-order valence-electron chi connectivity index (χ0n) is 23.1. The topological polar surface area (TPSA) is 18.5 Å². The maximum absolute atomic E-state index is 6.44. The molecule has 0 radical (unpaired) electrons. The Balaban J connectivity index is 1.59. The van der Waals surface area contributed by atoms with Crippen LogP contribution in [-0.4, -0.2) is 25.9 Å². The standard InChI is InChI=1S/C36H38O2/c1-34(2,3)38-24-22-36(32-19-11-7-15-28(32)29-16-8-12-20-33(29)36)25-35(21-23-37-4)30-17-9-5-13-26(30)27-14-6-10-18-31(27)35/h5-20H,21-25H2,1-4H3. The third kappa shape index (κ3) is 3.94. The quantitative estimate of drug-likeness (QED) is 0.240. The molecule has 0 aliphatic heterocycles. The van der Waals surface area contributed by atoms with Gasteiger partial charge in [0.05, 0.1) is 5.60 Å². The van der Waals surface area contributed by atoms with Crippen molar-refractivity contribution in [2.24, 2.45) is 0 Å². The van der Waals surface area contributed by atoms with Crippen molar-refractivity contribution in [2.45, 2.75) is 56.5 Å². The summed E-state index contributed by atoms with van der Waals surface area (Å²) in [7, 11) is 1.83. The summed E-state index contributed by atoms with van der Waals surface area (Å²) in [5.74, 6) is 0. The molecule has 0 N–H and O–H groups in total. The molecule has 0 bridgehead atoms. The molecule has 0 aromatic heterocycles. The number of hydrogen-bond donors (Lipinski definition) is 0. The van der Waals surface area contributed by atoms with Crippen molar-refractivity contribution in [2.75, 3.05) is 20.3 Å². The first kappa shape index (κ1) is 25.1. The smallest absolute Gasteiger partial charge is 0.0598 e. The summed E-state index contributed by atoms with van der Waals surface area (Å²) in [6, 6.07) is 36.2. The predicted octanol–water partition coefficient (Wildman–Crippen LogP) is 8.55. The van der Waals surface area contributed by atoms with Crippen LogP contribution in [0.4, 0.5) is 0 Å². The zero-order valence-corrected chi connectivity index (χ0v) is 23.1. The Morgan fingerprint density at radius 3 is 1.21 bits per heavy atom. The van der Waals surface area contributed by atoms with E-state index >= 15 is 0 Å². The van der Waals surface area contributed by atoms with Crippen LogP contribution in [0.5, 0.6) is 0 Å². The van der Waals surface area contributed by atoms with Gasteiger partial charge in [-0.25, -0.2) is 0 Å². The van der Waals surface area contributed by atoms with E-state index in [1.165, 1.54) is 44.5 Å². The van der Waals surface area contributed by atoms with E-state index in [1.807, 2.05) is 7.11 Å². The van der Waals surface area contributed by atoms with Crippen molar-refractivity contribution in [1.82, 2.24) is 0 Å². The summed E-state index contributed by atoms with van der Waals surface area (Å²) in [4.78, 5) is 0. The minimum Gasteiger partial charge on any atom is -0.385 e. The van der Waals surface area contributed by atoms with Gasteiger partial charge in [0.2, 0.25) is 0 Å². The van der Waals surface area contributed by atoms with Crippen LogP contribution in [-0.2, 0) is 20.3 Å². The molecule has 38 heavy (non-hydrogen) atoms. The van der Waals surface area contributed by atoms with Crippen molar-refractivity contribution < 1.29 is 9.47 Å². The molecule has 2 aliphatic carbocycles. The van der Waals surface area contributed by atoms with E-state index in [-0.39, 0.29) is 16.4 Å². The van der Waals surface area contributed by atoms with Gasteiger partial charge in [0.15, 0.2) is 0 Å². The first-order chi connectivity index (χ1) is 18.4. The lowest BCUT2D eigenvalue weighted by atomic mass is 9.60. The molecule has 2 heteroatoms. The molecule has 0 saturated heterocycles. The van der Waals surface area contributed by atoms with E-state index in [2.05, 4.69) is 118 Å². The van der Waals surface area contributed by atoms with E-state index in [0.717, 1.165) is 19.3 Å². The number of hydrogen-bond acceptors (Lipinski definition) is 2. The monoisotopic (exact) mass is 502 g/mol. The van der Waals surface area contributed by atoms with Gasteiger partial charge in [-0.1, -0.05) is 97.1 Å². The average Bonchev–Trinajstić information content (AvgIpc) is 3.36. The van der Waals surface area contributed by atoms with Gasteiger partial charge >= 0.3 is 0 Å². The van der Waals surface area contributed by atoms with E-state index in [0.29, 0.717) is 13.2 Å². The zero-order chi connectivity index (χ0) is 26.4. The van der Waals surface area contributed by atoms with Gasteiger partial charge in [-0.2, -0.15) is 0 Å². The number of ether oxygens (including phenoxy) is 2. The second-order valence-corrected chi connectivity index (χ2v) is 12.0. The molecule has 0 amide bonds. The first-order valence-electron chi connectivity index (χ1n) is 13.9. The molecule has 4 aromatic rings. The van der Waals surface area contributed by atoms with Crippen LogP contribution in [0.25, 0.3) is 22.3 Å². The largest absolute Gasteiger partial charge is 0.385 e. The Hall–Kier alpha value is -3.20. The highest BCUT2D eigenvalue weighted by molar-refractivity contribution is 5.84. The van der Waals surface area contributed by atoms with E-state index in [1.54, 1.807) is 0 Å². The molecular weight excluding hydrogens is 464 g/mol. The molecule has 0 spiro atoms. The molecule has 194 valence electrons. The summed E-state index contributed by atoms with van der Waals surface area (Å²) in [6.45, 7) is 7.87. The lowest BCUT2D eigenvalue weighted by Crippen LogP contribution is -2.39. The number of benzene rings is 4.